The van der Waals surface area contributed by atoms with Crippen molar-refractivity contribution in [3.8, 4) is 28.7 Å². The summed E-state index contributed by atoms with van der Waals surface area (Å²) in [4.78, 5) is 25.9. The van der Waals surface area contributed by atoms with E-state index in [9.17, 15) is 4.79 Å². The molecule has 0 atom stereocenters. The lowest BCUT2D eigenvalue weighted by Crippen LogP contribution is -2.13. The first-order valence-electron chi connectivity index (χ1n) is 11.0. The predicted molar refractivity (Wildman–Crippen MR) is 135 cm³/mol. The van der Waals surface area contributed by atoms with Gasteiger partial charge in [0, 0.05) is 23.0 Å². The van der Waals surface area contributed by atoms with Crippen molar-refractivity contribution in [2.24, 2.45) is 0 Å². The zero-order valence-corrected chi connectivity index (χ0v) is 20.4. The fourth-order valence-corrected chi connectivity index (χ4v) is 3.87. The number of benzene rings is 2. The fourth-order valence-electron chi connectivity index (χ4n) is 3.64. The Kier molecular flexibility index (Phi) is 6.22. The van der Waals surface area contributed by atoms with E-state index in [4.69, 9.17) is 20.9 Å². The molecule has 9 nitrogen and oxygen atoms in total. The monoisotopic (exact) mass is 500 g/mol. The van der Waals surface area contributed by atoms with Crippen LogP contribution in [0.1, 0.15) is 27.5 Å². The van der Waals surface area contributed by atoms with E-state index in [-0.39, 0.29) is 5.91 Å². The van der Waals surface area contributed by atoms with E-state index >= 15 is 0 Å². The number of ether oxygens (including phenoxy) is 1. The molecule has 0 unspecified atom stereocenters. The van der Waals surface area contributed by atoms with Crippen LogP contribution in [0.25, 0.3) is 17.1 Å². The quantitative estimate of drug-likeness (QED) is 0.307. The SMILES string of the molecule is Cc1ncn(-c2cc(Oc3ccc(NC(=O)c4c(-c5ccccc5Cl)noc4C)cc3)ncn2)c1C. The van der Waals surface area contributed by atoms with Crippen molar-refractivity contribution in [1.82, 2.24) is 24.7 Å². The molecular formula is C26H21ClN6O3. The maximum atomic E-state index is 13.1. The topological polar surface area (TPSA) is 108 Å². The van der Waals surface area contributed by atoms with Crippen LogP contribution in [0.15, 0.2) is 71.8 Å². The summed E-state index contributed by atoms with van der Waals surface area (Å²) in [6.07, 6.45) is 3.15. The van der Waals surface area contributed by atoms with Crippen LogP contribution in [0, 0.1) is 20.8 Å². The molecule has 36 heavy (non-hydrogen) atoms. The van der Waals surface area contributed by atoms with Gasteiger partial charge in [-0.1, -0.05) is 35.0 Å². The summed E-state index contributed by atoms with van der Waals surface area (Å²) in [5.41, 5.74) is 3.82. The van der Waals surface area contributed by atoms with Gasteiger partial charge in [-0.25, -0.2) is 15.0 Å². The second-order valence-corrected chi connectivity index (χ2v) is 8.43. The van der Waals surface area contributed by atoms with Crippen molar-refractivity contribution in [2.45, 2.75) is 20.8 Å². The molecule has 0 saturated heterocycles. The minimum atomic E-state index is -0.358. The first-order valence-corrected chi connectivity index (χ1v) is 11.4. The lowest BCUT2D eigenvalue weighted by Gasteiger charge is -2.09. The van der Waals surface area contributed by atoms with Crippen LogP contribution in [0.2, 0.25) is 5.02 Å². The highest BCUT2D eigenvalue weighted by atomic mass is 35.5. The third-order valence-electron chi connectivity index (χ3n) is 5.68. The van der Waals surface area contributed by atoms with Crippen LogP contribution < -0.4 is 10.1 Å². The highest BCUT2D eigenvalue weighted by molar-refractivity contribution is 6.33. The number of halogens is 1. The first kappa shape index (κ1) is 23.3. The molecule has 0 aliphatic carbocycles. The van der Waals surface area contributed by atoms with Gasteiger partial charge >= 0.3 is 0 Å². The molecule has 0 spiro atoms. The van der Waals surface area contributed by atoms with Crippen LogP contribution in [-0.4, -0.2) is 30.6 Å². The molecule has 3 aromatic heterocycles. The average molecular weight is 501 g/mol. The van der Waals surface area contributed by atoms with Gasteiger partial charge in [-0.2, -0.15) is 0 Å². The molecule has 180 valence electrons. The second kappa shape index (κ2) is 9.63. The number of anilines is 1. The standard InChI is InChI=1S/C26H21ClN6O3/c1-15-16(2)33(14-30-15)22-12-23(29-13-28-22)35-19-10-8-18(9-11-19)31-26(34)24-17(3)36-32-25(24)20-6-4-5-7-21(20)27/h4-14H,1-3H3,(H,31,34). The van der Waals surface area contributed by atoms with Crippen molar-refractivity contribution in [3.63, 3.8) is 0 Å². The van der Waals surface area contributed by atoms with Gasteiger partial charge in [0.15, 0.2) is 0 Å². The minimum absolute atomic E-state index is 0.321. The van der Waals surface area contributed by atoms with Crippen molar-refractivity contribution < 1.29 is 14.1 Å². The number of hydrogen-bond acceptors (Lipinski definition) is 7. The molecule has 3 heterocycles. The predicted octanol–water partition coefficient (Wildman–Crippen LogP) is 5.94. The number of imidazole rings is 1. The number of nitrogens with one attached hydrogen (secondary N) is 1. The summed E-state index contributed by atoms with van der Waals surface area (Å²) in [6.45, 7) is 5.59. The molecule has 1 amide bonds. The van der Waals surface area contributed by atoms with E-state index in [0.717, 1.165) is 11.4 Å². The van der Waals surface area contributed by atoms with Crippen molar-refractivity contribution >= 4 is 23.2 Å². The van der Waals surface area contributed by atoms with E-state index in [0.29, 0.717) is 50.7 Å². The van der Waals surface area contributed by atoms with Gasteiger partial charge in [0.2, 0.25) is 5.88 Å². The summed E-state index contributed by atoms with van der Waals surface area (Å²) >= 11 is 6.30. The molecule has 5 rings (SSSR count). The number of carbonyl (C=O) groups is 1. The highest BCUT2D eigenvalue weighted by Gasteiger charge is 2.23. The highest BCUT2D eigenvalue weighted by Crippen LogP contribution is 2.31. The zero-order valence-electron chi connectivity index (χ0n) is 19.7. The molecule has 0 aliphatic heterocycles. The Balaban J connectivity index is 1.31. The normalized spacial score (nSPS) is 10.9. The largest absolute Gasteiger partial charge is 0.439 e. The molecule has 10 heteroatoms. The third kappa shape index (κ3) is 4.56. The summed E-state index contributed by atoms with van der Waals surface area (Å²) in [5, 5.41) is 7.40. The molecular weight excluding hydrogens is 480 g/mol. The Morgan fingerprint density at radius 1 is 1.03 bits per heavy atom. The average Bonchev–Trinajstić information content (AvgIpc) is 3.42. The smallest absolute Gasteiger partial charge is 0.261 e. The summed E-state index contributed by atoms with van der Waals surface area (Å²) < 4.78 is 13.1. The first-order chi connectivity index (χ1) is 17.4. The molecule has 0 radical (unpaired) electrons. The number of aryl methyl sites for hydroxylation is 2. The number of carbonyl (C=O) groups excluding carboxylic acids is 1. The minimum Gasteiger partial charge on any atom is -0.439 e. The molecule has 0 aliphatic rings. The van der Waals surface area contributed by atoms with Crippen LogP contribution in [0.5, 0.6) is 11.6 Å². The van der Waals surface area contributed by atoms with Gasteiger partial charge in [-0.3, -0.25) is 9.36 Å². The molecule has 5 aromatic rings. The second-order valence-electron chi connectivity index (χ2n) is 8.02. The lowest BCUT2D eigenvalue weighted by atomic mass is 10.1. The Bertz CT molecular complexity index is 1560. The van der Waals surface area contributed by atoms with E-state index < -0.39 is 0 Å². The summed E-state index contributed by atoms with van der Waals surface area (Å²) in [5.74, 6) is 1.62. The maximum absolute atomic E-state index is 13.1. The van der Waals surface area contributed by atoms with Crippen molar-refractivity contribution in [3.05, 3.63) is 95.0 Å². The maximum Gasteiger partial charge on any atom is 0.261 e. The van der Waals surface area contributed by atoms with Gasteiger partial charge in [-0.15, -0.1) is 0 Å². The van der Waals surface area contributed by atoms with E-state index in [1.54, 1.807) is 55.7 Å². The fraction of sp³-hybridized carbons (Fsp3) is 0.115. The van der Waals surface area contributed by atoms with Gasteiger partial charge in [0.25, 0.3) is 5.91 Å². The van der Waals surface area contributed by atoms with E-state index in [1.165, 1.54) is 6.33 Å². The Morgan fingerprint density at radius 3 is 2.53 bits per heavy atom. The Labute approximate surface area is 211 Å². The van der Waals surface area contributed by atoms with E-state index in [1.807, 2.05) is 30.5 Å². The van der Waals surface area contributed by atoms with Crippen LogP contribution in [0.4, 0.5) is 5.69 Å². The number of hydrogen-bond donors (Lipinski definition) is 1. The van der Waals surface area contributed by atoms with E-state index in [2.05, 4.69) is 25.4 Å². The molecule has 0 bridgehead atoms. The Hall–Kier alpha value is -4.50. The van der Waals surface area contributed by atoms with Crippen LogP contribution in [-0.2, 0) is 0 Å². The third-order valence-corrected chi connectivity index (χ3v) is 6.01. The number of rotatable bonds is 6. The Morgan fingerprint density at radius 2 is 1.81 bits per heavy atom. The van der Waals surface area contributed by atoms with Crippen molar-refractivity contribution in [2.75, 3.05) is 5.32 Å². The van der Waals surface area contributed by atoms with Gasteiger partial charge < -0.3 is 14.6 Å². The number of amides is 1. The molecule has 0 fully saturated rings. The number of aromatic nitrogens is 5. The summed E-state index contributed by atoms with van der Waals surface area (Å²) in [6, 6.07) is 15.8. The molecule has 2 aromatic carbocycles. The van der Waals surface area contributed by atoms with Crippen LogP contribution >= 0.6 is 11.6 Å². The summed E-state index contributed by atoms with van der Waals surface area (Å²) in [7, 11) is 0. The zero-order chi connectivity index (χ0) is 25.2. The van der Waals surface area contributed by atoms with Crippen molar-refractivity contribution in [1.29, 1.82) is 0 Å². The molecule has 1 N–H and O–H groups in total. The van der Waals surface area contributed by atoms with Gasteiger partial charge in [0.05, 0.1) is 10.7 Å². The number of nitrogens with zero attached hydrogens (tertiary/aromatic N) is 5. The van der Waals surface area contributed by atoms with Crippen LogP contribution in [0.3, 0.4) is 0 Å². The van der Waals surface area contributed by atoms with Gasteiger partial charge in [-0.05, 0) is 51.1 Å². The van der Waals surface area contributed by atoms with Gasteiger partial charge in [0.1, 0.15) is 41.2 Å². The molecule has 0 saturated carbocycles. The lowest BCUT2D eigenvalue weighted by molar-refractivity contribution is 0.102.